The van der Waals surface area contributed by atoms with Gasteiger partial charge in [0.1, 0.15) is 11.6 Å². The van der Waals surface area contributed by atoms with Crippen LogP contribution in [0, 0.1) is 5.82 Å². The van der Waals surface area contributed by atoms with Crippen LogP contribution in [0.1, 0.15) is 38.8 Å². The second-order valence-corrected chi connectivity index (χ2v) is 4.58. The first kappa shape index (κ1) is 13.9. The lowest BCUT2D eigenvalue weighted by Gasteiger charge is -2.21. The largest absolute Gasteiger partial charge is 0.508 e. The van der Waals surface area contributed by atoms with Crippen molar-refractivity contribution in [2.45, 2.75) is 45.4 Å². The third-order valence-corrected chi connectivity index (χ3v) is 2.68. The highest BCUT2D eigenvalue weighted by molar-refractivity contribution is 5.29. The van der Waals surface area contributed by atoms with Crippen molar-refractivity contribution in [1.29, 1.82) is 0 Å². The zero-order chi connectivity index (χ0) is 13.0. The number of benzene rings is 1. The van der Waals surface area contributed by atoms with E-state index in [9.17, 15) is 9.50 Å². The Morgan fingerprint density at radius 2 is 1.94 bits per heavy atom. The third-order valence-electron chi connectivity index (χ3n) is 2.68. The summed E-state index contributed by atoms with van der Waals surface area (Å²) >= 11 is 0. The number of aromatic hydroxyl groups is 1. The van der Waals surface area contributed by atoms with Crippen molar-refractivity contribution in [2.75, 3.05) is 0 Å². The Balaban J connectivity index is 2.66. The fourth-order valence-corrected chi connectivity index (χ4v) is 1.96. The Morgan fingerprint density at radius 1 is 1.29 bits per heavy atom. The molecule has 0 saturated carbocycles. The molecule has 0 aromatic heterocycles. The van der Waals surface area contributed by atoms with Gasteiger partial charge in [0.15, 0.2) is 0 Å². The molecule has 1 rings (SSSR count). The minimum Gasteiger partial charge on any atom is -0.508 e. The Bertz CT molecular complexity index is 368. The molecule has 0 bridgehead atoms. The predicted octanol–water partition coefficient (Wildman–Crippen LogP) is 2.34. The van der Waals surface area contributed by atoms with E-state index in [-0.39, 0.29) is 23.9 Å². The van der Waals surface area contributed by atoms with Crippen LogP contribution in [-0.2, 0) is 0 Å². The molecular weight excluding hydrogens is 221 g/mol. The Labute approximate surface area is 101 Å². The summed E-state index contributed by atoms with van der Waals surface area (Å²) in [5.74, 6) is -0.496. The third kappa shape index (κ3) is 4.32. The van der Waals surface area contributed by atoms with Gasteiger partial charge in [-0.3, -0.25) is 0 Å². The molecule has 3 nitrogen and oxygen atoms in total. The normalized spacial score (nSPS) is 16.5. The molecule has 0 aliphatic rings. The molecule has 0 spiro atoms. The SMILES string of the molecule is CC(O)CC(C)NC(C)c1ccc(O)cc1F. The molecule has 17 heavy (non-hydrogen) atoms. The Morgan fingerprint density at radius 3 is 2.47 bits per heavy atom. The number of hydrogen-bond acceptors (Lipinski definition) is 3. The van der Waals surface area contributed by atoms with Crippen molar-refractivity contribution in [3.05, 3.63) is 29.6 Å². The summed E-state index contributed by atoms with van der Waals surface area (Å²) in [4.78, 5) is 0. The molecule has 0 aliphatic carbocycles. The van der Waals surface area contributed by atoms with E-state index >= 15 is 0 Å². The first-order valence-electron chi connectivity index (χ1n) is 5.82. The molecule has 3 N–H and O–H groups in total. The van der Waals surface area contributed by atoms with Gasteiger partial charge < -0.3 is 15.5 Å². The number of halogens is 1. The molecule has 0 aliphatic heterocycles. The van der Waals surface area contributed by atoms with E-state index < -0.39 is 5.82 Å². The van der Waals surface area contributed by atoms with Crippen LogP contribution >= 0.6 is 0 Å². The zero-order valence-electron chi connectivity index (χ0n) is 10.4. The maximum atomic E-state index is 13.6. The molecule has 1 aromatic rings. The summed E-state index contributed by atoms with van der Waals surface area (Å²) in [6.45, 7) is 5.53. The number of nitrogens with one attached hydrogen (secondary N) is 1. The maximum Gasteiger partial charge on any atom is 0.131 e. The number of rotatable bonds is 5. The van der Waals surface area contributed by atoms with Gasteiger partial charge in [-0.05, 0) is 33.3 Å². The summed E-state index contributed by atoms with van der Waals surface area (Å²) < 4.78 is 13.6. The van der Waals surface area contributed by atoms with E-state index in [1.165, 1.54) is 6.07 Å². The predicted molar refractivity (Wildman–Crippen MR) is 65.4 cm³/mol. The van der Waals surface area contributed by atoms with E-state index in [1.807, 2.05) is 13.8 Å². The first-order chi connectivity index (χ1) is 7.90. The minimum absolute atomic E-state index is 0.0736. The van der Waals surface area contributed by atoms with Gasteiger partial charge in [-0.1, -0.05) is 6.07 Å². The van der Waals surface area contributed by atoms with Crippen molar-refractivity contribution in [2.24, 2.45) is 0 Å². The van der Waals surface area contributed by atoms with E-state index in [0.29, 0.717) is 12.0 Å². The summed E-state index contributed by atoms with van der Waals surface area (Å²) in [5, 5.41) is 21.6. The number of phenolic OH excluding ortho intramolecular Hbond substituents is 1. The number of aliphatic hydroxyl groups excluding tert-OH is 1. The average molecular weight is 241 g/mol. The molecular formula is C13H20FNO2. The monoisotopic (exact) mass is 241 g/mol. The summed E-state index contributed by atoms with van der Waals surface area (Å²) in [6.07, 6.45) is 0.235. The number of hydrogen-bond donors (Lipinski definition) is 3. The van der Waals surface area contributed by atoms with Crippen LogP contribution in [0.2, 0.25) is 0 Å². The van der Waals surface area contributed by atoms with Crippen molar-refractivity contribution in [3.63, 3.8) is 0 Å². The van der Waals surface area contributed by atoms with Crippen LogP contribution < -0.4 is 5.32 Å². The van der Waals surface area contributed by atoms with Gasteiger partial charge in [0.2, 0.25) is 0 Å². The van der Waals surface area contributed by atoms with E-state index in [2.05, 4.69) is 5.32 Å². The second kappa shape index (κ2) is 5.98. The first-order valence-corrected chi connectivity index (χ1v) is 5.82. The average Bonchev–Trinajstić information content (AvgIpc) is 2.15. The molecule has 0 radical (unpaired) electrons. The van der Waals surface area contributed by atoms with Crippen molar-refractivity contribution < 1.29 is 14.6 Å². The fourth-order valence-electron chi connectivity index (χ4n) is 1.96. The van der Waals surface area contributed by atoms with Crippen LogP contribution in [0.4, 0.5) is 4.39 Å². The van der Waals surface area contributed by atoms with Gasteiger partial charge in [0.05, 0.1) is 6.10 Å². The van der Waals surface area contributed by atoms with Crippen LogP contribution in [-0.4, -0.2) is 22.4 Å². The van der Waals surface area contributed by atoms with E-state index in [1.54, 1.807) is 13.0 Å². The highest BCUT2D eigenvalue weighted by Gasteiger charge is 2.14. The van der Waals surface area contributed by atoms with Gasteiger partial charge >= 0.3 is 0 Å². The van der Waals surface area contributed by atoms with Crippen LogP contribution in [0.25, 0.3) is 0 Å². The topological polar surface area (TPSA) is 52.5 Å². The van der Waals surface area contributed by atoms with Gasteiger partial charge in [-0.2, -0.15) is 0 Å². The van der Waals surface area contributed by atoms with Crippen LogP contribution in [0.5, 0.6) is 5.75 Å². The van der Waals surface area contributed by atoms with Gasteiger partial charge in [-0.15, -0.1) is 0 Å². The number of phenols is 1. The quantitative estimate of drug-likeness (QED) is 0.741. The Kier molecular flexibility index (Phi) is 4.90. The standard InChI is InChI=1S/C13H20FNO2/c1-8(6-9(2)16)15-10(3)12-5-4-11(17)7-13(12)14/h4-5,7-10,15-17H,6H2,1-3H3. The zero-order valence-corrected chi connectivity index (χ0v) is 10.4. The maximum absolute atomic E-state index is 13.6. The van der Waals surface area contributed by atoms with Gasteiger partial charge in [0.25, 0.3) is 0 Å². The molecule has 3 unspecified atom stereocenters. The lowest BCUT2D eigenvalue weighted by atomic mass is 10.0. The smallest absolute Gasteiger partial charge is 0.131 e. The van der Waals surface area contributed by atoms with Gasteiger partial charge in [0, 0.05) is 23.7 Å². The van der Waals surface area contributed by atoms with Crippen molar-refractivity contribution in [1.82, 2.24) is 5.32 Å². The molecule has 4 heteroatoms. The Hall–Kier alpha value is -1.13. The summed E-state index contributed by atoms with van der Waals surface area (Å²) in [5.41, 5.74) is 0.514. The van der Waals surface area contributed by atoms with E-state index in [4.69, 9.17) is 5.11 Å². The van der Waals surface area contributed by atoms with Crippen molar-refractivity contribution in [3.8, 4) is 5.75 Å². The highest BCUT2D eigenvalue weighted by atomic mass is 19.1. The molecule has 0 fully saturated rings. The molecule has 0 amide bonds. The van der Waals surface area contributed by atoms with Crippen LogP contribution in [0.15, 0.2) is 18.2 Å². The fraction of sp³-hybridized carbons (Fsp3) is 0.538. The molecule has 3 atom stereocenters. The van der Waals surface area contributed by atoms with E-state index in [0.717, 1.165) is 6.07 Å². The molecule has 96 valence electrons. The summed E-state index contributed by atoms with van der Waals surface area (Å²) in [7, 11) is 0. The lowest BCUT2D eigenvalue weighted by molar-refractivity contribution is 0.168. The van der Waals surface area contributed by atoms with Crippen molar-refractivity contribution >= 4 is 0 Å². The molecule has 0 saturated heterocycles. The van der Waals surface area contributed by atoms with Crippen LogP contribution in [0.3, 0.4) is 0 Å². The minimum atomic E-state index is -0.422. The highest BCUT2D eigenvalue weighted by Crippen LogP contribution is 2.21. The van der Waals surface area contributed by atoms with Gasteiger partial charge in [-0.25, -0.2) is 4.39 Å². The number of aliphatic hydroxyl groups is 1. The lowest BCUT2D eigenvalue weighted by Crippen LogP contribution is -2.31. The molecule has 1 aromatic carbocycles. The molecule has 0 heterocycles. The second-order valence-electron chi connectivity index (χ2n) is 4.58. The summed E-state index contributed by atoms with van der Waals surface area (Å²) in [6, 6.07) is 4.07.